The van der Waals surface area contributed by atoms with Gasteiger partial charge in [-0.2, -0.15) is 0 Å². The molecule has 1 amide bonds. The molecule has 1 saturated heterocycles. The first kappa shape index (κ1) is 17.0. The van der Waals surface area contributed by atoms with Crippen LogP contribution in [0.3, 0.4) is 0 Å². The minimum absolute atomic E-state index is 0.0534. The molecule has 1 N–H and O–H groups in total. The normalized spacial score (nSPS) is 18.0. The third-order valence-corrected chi connectivity index (χ3v) is 5.22. The van der Waals surface area contributed by atoms with Gasteiger partial charge in [0.25, 0.3) is 5.91 Å². The van der Waals surface area contributed by atoms with Crippen molar-refractivity contribution in [3.63, 3.8) is 0 Å². The minimum atomic E-state index is 0.0534. The quantitative estimate of drug-likeness (QED) is 0.857. The molecule has 1 atom stereocenters. The summed E-state index contributed by atoms with van der Waals surface area (Å²) >= 11 is 1.55. The second kappa shape index (κ2) is 7.36. The highest BCUT2D eigenvalue weighted by Gasteiger charge is 2.24. The van der Waals surface area contributed by atoms with Gasteiger partial charge in [0.2, 0.25) is 0 Å². The summed E-state index contributed by atoms with van der Waals surface area (Å²) in [7, 11) is 0. The second-order valence-corrected chi connectivity index (χ2v) is 7.02. The fraction of sp³-hybridized carbons (Fsp3) is 0.471. The van der Waals surface area contributed by atoms with Crippen LogP contribution >= 0.6 is 11.8 Å². The molecule has 0 bridgehead atoms. The third-order valence-electron chi connectivity index (χ3n) is 4.19. The van der Waals surface area contributed by atoms with Crippen molar-refractivity contribution in [3.8, 4) is 0 Å². The number of thioether (sulfide) groups is 1. The molecule has 0 aliphatic carbocycles. The van der Waals surface area contributed by atoms with E-state index in [2.05, 4.69) is 22.4 Å². The lowest BCUT2D eigenvalue weighted by Gasteiger charge is -2.32. The Morgan fingerprint density at radius 2 is 2.33 bits per heavy atom. The molecule has 1 aliphatic heterocycles. The van der Waals surface area contributed by atoms with Crippen molar-refractivity contribution in [1.29, 1.82) is 0 Å². The number of hydrogen-bond donors (Lipinski definition) is 1. The van der Waals surface area contributed by atoms with E-state index in [-0.39, 0.29) is 5.91 Å². The van der Waals surface area contributed by atoms with Crippen molar-refractivity contribution in [1.82, 2.24) is 20.4 Å². The van der Waals surface area contributed by atoms with E-state index in [0.29, 0.717) is 17.4 Å². The van der Waals surface area contributed by atoms with Crippen LogP contribution in [0.25, 0.3) is 0 Å². The Hall–Kier alpha value is -1.86. The number of nitrogens with zero attached hydrogens (tertiary/aromatic N) is 3. The van der Waals surface area contributed by atoms with E-state index in [9.17, 15) is 4.79 Å². The number of amides is 1. The lowest BCUT2D eigenvalue weighted by atomic mass is 10.2. The number of carbonyl (C=O) groups is 1. The smallest absolute Gasteiger partial charge is 0.256 e. The van der Waals surface area contributed by atoms with Crippen molar-refractivity contribution >= 4 is 17.7 Å². The second-order valence-electron chi connectivity index (χ2n) is 6.05. The molecule has 7 heteroatoms. The first-order valence-corrected chi connectivity index (χ1v) is 9.07. The first-order chi connectivity index (χ1) is 11.6. The molecule has 0 aromatic carbocycles. The lowest BCUT2D eigenvalue weighted by molar-refractivity contribution is 0.0704. The maximum Gasteiger partial charge on any atom is 0.256 e. The molecule has 2 aromatic rings. The molecule has 24 heavy (non-hydrogen) atoms. The van der Waals surface area contributed by atoms with Gasteiger partial charge in [0.05, 0.1) is 11.3 Å². The molecule has 128 valence electrons. The highest BCUT2D eigenvalue weighted by atomic mass is 32.2. The highest BCUT2D eigenvalue weighted by Crippen LogP contribution is 2.28. The van der Waals surface area contributed by atoms with Gasteiger partial charge < -0.3 is 14.7 Å². The molecule has 0 saturated carbocycles. The molecule has 1 aliphatic rings. The van der Waals surface area contributed by atoms with Gasteiger partial charge in [-0.1, -0.05) is 5.16 Å². The highest BCUT2D eigenvalue weighted by molar-refractivity contribution is 7.98. The van der Waals surface area contributed by atoms with E-state index < -0.39 is 0 Å². The maximum atomic E-state index is 12.9. The molecule has 6 nitrogen and oxygen atoms in total. The van der Waals surface area contributed by atoms with E-state index in [1.165, 1.54) is 0 Å². The van der Waals surface area contributed by atoms with Crippen molar-refractivity contribution < 1.29 is 9.32 Å². The van der Waals surface area contributed by atoms with Gasteiger partial charge in [0, 0.05) is 43.2 Å². The van der Waals surface area contributed by atoms with E-state index in [4.69, 9.17) is 4.52 Å². The summed E-state index contributed by atoms with van der Waals surface area (Å²) in [5.74, 6) is 1.56. The number of nitrogens with one attached hydrogen (secondary N) is 1. The van der Waals surface area contributed by atoms with Gasteiger partial charge in [-0.3, -0.25) is 4.79 Å². The predicted molar refractivity (Wildman–Crippen MR) is 93.1 cm³/mol. The monoisotopic (exact) mass is 346 g/mol. The van der Waals surface area contributed by atoms with Crippen LogP contribution in [0.5, 0.6) is 0 Å². The van der Waals surface area contributed by atoms with Gasteiger partial charge >= 0.3 is 0 Å². The zero-order valence-electron chi connectivity index (χ0n) is 14.2. The first-order valence-electron chi connectivity index (χ1n) is 8.08. The van der Waals surface area contributed by atoms with Crippen LogP contribution in [0.1, 0.15) is 34.3 Å². The van der Waals surface area contributed by atoms with E-state index in [1.54, 1.807) is 18.0 Å². The Labute approximate surface area is 146 Å². The maximum absolute atomic E-state index is 12.9. The summed E-state index contributed by atoms with van der Waals surface area (Å²) in [5, 5.41) is 8.09. The largest absolute Gasteiger partial charge is 0.361 e. The number of aromatic nitrogens is 2. The third kappa shape index (κ3) is 3.62. The van der Waals surface area contributed by atoms with Gasteiger partial charge in [0.15, 0.2) is 0 Å². The van der Waals surface area contributed by atoms with Crippen LogP contribution in [-0.4, -0.2) is 46.6 Å². The molecule has 2 aromatic heterocycles. The summed E-state index contributed by atoms with van der Waals surface area (Å²) < 4.78 is 5.20. The molecule has 0 radical (unpaired) electrons. The number of pyridine rings is 1. The number of aryl methyl sites for hydroxylation is 2. The van der Waals surface area contributed by atoms with Crippen molar-refractivity contribution in [2.24, 2.45) is 0 Å². The standard InChI is InChI=1S/C17H22N4O2S/c1-11-9-21(8-7-18-11)17(22)14-5-4-6-19-16(14)24-10-15-12(2)20-23-13(15)3/h4-6,11,18H,7-10H2,1-3H3/t11-/m1/s1. The van der Waals surface area contributed by atoms with Crippen LogP contribution in [0.4, 0.5) is 0 Å². The Kier molecular flexibility index (Phi) is 5.20. The summed E-state index contributed by atoms with van der Waals surface area (Å²) in [5.41, 5.74) is 2.63. The summed E-state index contributed by atoms with van der Waals surface area (Å²) in [6, 6.07) is 3.99. The number of rotatable bonds is 4. The Balaban J connectivity index is 1.76. The average Bonchev–Trinajstić information content (AvgIpc) is 2.91. The van der Waals surface area contributed by atoms with Gasteiger partial charge in [-0.25, -0.2) is 4.98 Å². The lowest BCUT2D eigenvalue weighted by Crippen LogP contribution is -2.51. The number of hydrogen-bond acceptors (Lipinski definition) is 6. The van der Waals surface area contributed by atoms with Crippen LogP contribution in [0, 0.1) is 13.8 Å². The molecular formula is C17H22N4O2S. The van der Waals surface area contributed by atoms with Crippen LogP contribution in [-0.2, 0) is 5.75 Å². The van der Waals surface area contributed by atoms with E-state index in [0.717, 1.165) is 41.7 Å². The van der Waals surface area contributed by atoms with Crippen LogP contribution in [0.2, 0.25) is 0 Å². The van der Waals surface area contributed by atoms with Gasteiger partial charge in [-0.05, 0) is 32.9 Å². The van der Waals surface area contributed by atoms with Crippen LogP contribution < -0.4 is 5.32 Å². The minimum Gasteiger partial charge on any atom is -0.361 e. The molecular weight excluding hydrogens is 324 g/mol. The van der Waals surface area contributed by atoms with Crippen molar-refractivity contribution in [3.05, 3.63) is 40.9 Å². The van der Waals surface area contributed by atoms with E-state index in [1.807, 2.05) is 30.9 Å². The zero-order chi connectivity index (χ0) is 17.1. The fourth-order valence-corrected chi connectivity index (χ4v) is 3.94. The van der Waals surface area contributed by atoms with Gasteiger partial charge in [0.1, 0.15) is 10.8 Å². The average molecular weight is 346 g/mol. The molecule has 3 heterocycles. The Bertz CT molecular complexity index is 712. The van der Waals surface area contributed by atoms with Crippen molar-refractivity contribution in [2.75, 3.05) is 19.6 Å². The summed E-state index contributed by atoms with van der Waals surface area (Å²) in [6.07, 6.45) is 1.73. The Morgan fingerprint density at radius 3 is 3.04 bits per heavy atom. The van der Waals surface area contributed by atoms with Crippen molar-refractivity contribution in [2.45, 2.75) is 37.6 Å². The molecule has 1 fully saturated rings. The molecule has 3 rings (SSSR count). The fourth-order valence-electron chi connectivity index (χ4n) is 2.80. The van der Waals surface area contributed by atoms with Gasteiger partial charge in [-0.15, -0.1) is 11.8 Å². The van der Waals surface area contributed by atoms with Crippen LogP contribution in [0.15, 0.2) is 27.9 Å². The molecule has 0 unspecified atom stereocenters. The summed E-state index contributed by atoms with van der Waals surface area (Å²) in [4.78, 5) is 19.2. The summed E-state index contributed by atoms with van der Waals surface area (Å²) in [6.45, 7) is 8.21. The Morgan fingerprint density at radius 1 is 1.50 bits per heavy atom. The predicted octanol–water partition coefficient (Wildman–Crippen LogP) is 2.41. The topological polar surface area (TPSA) is 71.3 Å². The molecule has 0 spiro atoms. The number of piperazine rings is 1. The van der Waals surface area contributed by atoms with E-state index >= 15 is 0 Å². The SMILES string of the molecule is Cc1noc(C)c1CSc1ncccc1C(=O)N1CCN[C@H](C)C1. The number of carbonyl (C=O) groups excluding carboxylic acids is 1. The zero-order valence-corrected chi connectivity index (χ0v) is 15.0.